The van der Waals surface area contributed by atoms with Crippen molar-refractivity contribution < 1.29 is 4.79 Å². The first-order valence-electron chi connectivity index (χ1n) is 9.95. The topological polar surface area (TPSA) is 113 Å². The highest BCUT2D eigenvalue weighted by atomic mass is 16.2. The molecule has 0 fully saturated rings. The Balaban J connectivity index is 3.17. The predicted molar refractivity (Wildman–Crippen MR) is 110 cm³/mol. The Morgan fingerprint density at radius 1 is 1.22 bits per heavy atom. The molecule has 0 spiro atoms. The zero-order chi connectivity index (χ0) is 20.4. The van der Waals surface area contributed by atoms with Crippen LogP contribution in [0.25, 0.3) is 0 Å². The van der Waals surface area contributed by atoms with Crippen LogP contribution in [0.5, 0.6) is 0 Å². The number of nitrogens with two attached hydrogens (primary N) is 1. The fourth-order valence-electron chi connectivity index (χ4n) is 2.74. The van der Waals surface area contributed by atoms with Gasteiger partial charge in [0.15, 0.2) is 0 Å². The predicted octanol–water partition coefficient (Wildman–Crippen LogP) is 1.69. The normalized spacial score (nSPS) is 11.0. The highest BCUT2D eigenvalue weighted by Gasteiger charge is 2.21. The van der Waals surface area contributed by atoms with E-state index in [1.807, 2.05) is 6.92 Å². The molecule has 4 N–H and O–H groups in total. The first-order valence-corrected chi connectivity index (χ1v) is 9.95. The molecular formula is C19H35N5O3. The maximum Gasteiger partial charge on any atom is 0.330 e. The molecule has 1 heterocycles. The van der Waals surface area contributed by atoms with Crippen molar-refractivity contribution in [2.45, 2.75) is 66.3 Å². The monoisotopic (exact) mass is 381 g/mol. The number of aromatic nitrogens is 2. The molecular weight excluding hydrogens is 346 g/mol. The summed E-state index contributed by atoms with van der Waals surface area (Å²) < 4.78 is 1.39. The molecule has 1 rings (SSSR count). The van der Waals surface area contributed by atoms with Gasteiger partial charge in [0.2, 0.25) is 5.91 Å². The summed E-state index contributed by atoms with van der Waals surface area (Å²) in [5.74, 6) is 0.376. The number of unbranched alkanes of at least 4 members (excludes halogenated alkanes) is 2. The first-order chi connectivity index (χ1) is 12.8. The van der Waals surface area contributed by atoms with E-state index in [2.05, 4.69) is 31.1 Å². The number of hydrogen-bond acceptors (Lipinski definition) is 5. The number of carbonyl (C=O) groups excluding carboxylic acids is 1. The third-order valence-electron chi connectivity index (χ3n) is 4.43. The lowest BCUT2D eigenvalue weighted by Gasteiger charge is -2.26. The van der Waals surface area contributed by atoms with Gasteiger partial charge in [-0.2, -0.15) is 0 Å². The maximum atomic E-state index is 12.5. The van der Waals surface area contributed by atoms with E-state index in [1.54, 1.807) is 4.90 Å². The lowest BCUT2D eigenvalue weighted by molar-refractivity contribution is -0.119. The van der Waals surface area contributed by atoms with Crippen molar-refractivity contribution in [1.29, 1.82) is 0 Å². The molecule has 1 amide bonds. The Morgan fingerprint density at radius 2 is 1.89 bits per heavy atom. The Bertz CT molecular complexity index is 708. The van der Waals surface area contributed by atoms with E-state index in [9.17, 15) is 14.4 Å². The molecule has 0 bridgehead atoms. The number of anilines is 2. The summed E-state index contributed by atoms with van der Waals surface area (Å²) in [5, 5.41) is 2.87. The van der Waals surface area contributed by atoms with E-state index < -0.39 is 11.2 Å². The molecule has 0 saturated heterocycles. The molecule has 0 aliphatic heterocycles. The number of nitrogens with one attached hydrogen (secondary N) is 2. The van der Waals surface area contributed by atoms with Gasteiger partial charge in [-0.1, -0.05) is 40.5 Å². The van der Waals surface area contributed by atoms with Crippen LogP contribution in [0.15, 0.2) is 9.59 Å². The molecule has 0 atom stereocenters. The minimum Gasteiger partial charge on any atom is -0.383 e. The van der Waals surface area contributed by atoms with Crippen molar-refractivity contribution in [2.24, 2.45) is 5.92 Å². The largest absolute Gasteiger partial charge is 0.383 e. The van der Waals surface area contributed by atoms with Crippen molar-refractivity contribution >= 4 is 17.4 Å². The number of hydrogen-bond donors (Lipinski definition) is 3. The molecule has 27 heavy (non-hydrogen) atoms. The molecule has 0 saturated carbocycles. The van der Waals surface area contributed by atoms with Crippen LogP contribution < -0.4 is 27.2 Å². The lowest BCUT2D eigenvalue weighted by Crippen LogP contribution is -2.43. The van der Waals surface area contributed by atoms with E-state index in [0.717, 1.165) is 32.1 Å². The minimum atomic E-state index is -0.546. The molecule has 1 aromatic heterocycles. The number of rotatable bonds is 12. The van der Waals surface area contributed by atoms with Gasteiger partial charge in [-0.05, 0) is 25.2 Å². The molecule has 0 radical (unpaired) electrons. The van der Waals surface area contributed by atoms with Crippen LogP contribution in [0.2, 0.25) is 0 Å². The molecule has 8 nitrogen and oxygen atoms in total. The van der Waals surface area contributed by atoms with Gasteiger partial charge >= 0.3 is 5.69 Å². The third-order valence-corrected chi connectivity index (χ3v) is 4.43. The van der Waals surface area contributed by atoms with Gasteiger partial charge in [0.25, 0.3) is 5.56 Å². The van der Waals surface area contributed by atoms with Gasteiger partial charge in [-0.15, -0.1) is 0 Å². The summed E-state index contributed by atoms with van der Waals surface area (Å²) in [4.78, 5) is 41.0. The second-order valence-corrected chi connectivity index (χ2v) is 7.31. The van der Waals surface area contributed by atoms with Crippen LogP contribution in [0.1, 0.15) is 59.8 Å². The number of aromatic amines is 1. The zero-order valence-electron chi connectivity index (χ0n) is 17.1. The SMILES string of the molecule is CCCCNC(=O)CN(CCC(C)C)c1c(N)n(CCCC)c(=O)[nH]c1=O. The fourth-order valence-corrected chi connectivity index (χ4v) is 2.74. The quantitative estimate of drug-likeness (QED) is 0.477. The van der Waals surface area contributed by atoms with Crippen molar-refractivity contribution in [3.8, 4) is 0 Å². The highest BCUT2D eigenvalue weighted by Crippen LogP contribution is 2.18. The molecule has 8 heteroatoms. The maximum absolute atomic E-state index is 12.5. The van der Waals surface area contributed by atoms with Gasteiger partial charge < -0.3 is 16.0 Å². The minimum absolute atomic E-state index is 0.0374. The highest BCUT2D eigenvalue weighted by molar-refractivity contribution is 5.82. The molecule has 154 valence electrons. The van der Waals surface area contributed by atoms with Crippen LogP contribution in [0, 0.1) is 5.92 Å². The summed E-state index contributed by atoms with van der Waals surface area (Å²) in [7, 11) is 0. The number of nitrogen functional groups attached to an aromatic ring is 1. The Labute approximate surface area is 161 Å². The van der Waals surface area contributed by atoms with Crippen molar-refractivity contribution in [1.82, 2.24) is 14.9 Å². The van der Waals surface area contributed by atoms with Gasteiger partial charge in [-0.25, -0.2) is 4.79 Å². The number of nitrogens with zero attached hydrogens (tertiary/aromatic N) is 2. The average Bonchev–Trinajstić information content (AvgIpc) is 2.59. The van der Waals surface area contributed by atoms with E-state index in [4.69, 9.17) is 5.73 Å². The number of amides is 1. The summed E-state index contributed by atoms with van der Waals surface area (Å²) >= 11 is 0. The van der Waals surface area contributed by atoms with Gasteiger partial charge in [0.1, 0.15) is 11.5 Å². The average molecular weight is 382 g/mol. The summed E-state index contributed by atoms with van der Waals surface area (Å²) in [6, 6.07) is 0. The Hall–Kier alpha value is -2.25. The lowest BCUT2D eigenvalue weighted by atomic mass is 10.1. The Morgan fingerprint density at radius 3 is 2.48 bits per heavy atom. The zero-order valence-corrected chi connectivity index (χ0v) is 17.1. The molecule has 0 aromatic carbocycles. The van der Waals surface area contributed by atoms with Crippen LogP contribution >= 0.6 is 0 Å². The third kappa shape index (κ3) is 7.11. The van der Waals surface area contributed by atoms with Crippen molar-refractivity contribution in [3.63, 3.8) is 0 Å². The molecule has 0 aliphatic rings. The van der Waals surface area contributed by atoms with Crippen molar-refractivity contribution in [3.05, 3.63) is 20.8 Å². The summed E-state index contributed by atoms with van der Waals surface area (Å²) in [5.41, 5.74) is 5.35. The second kappa shape index (κ2) is 11.5. The van der Waals surface area contributed by atoms with E-state index in [-0.39, 0.29) is 24.0 Å². The van der Waals surface area contributed by atoms with Crippen LogP contribution in [-0.4, -0.2) is 35.1 Å². The van der Waals surface area contributed by atoms with Gasteiger partial charge in [0.05, 0.1) is 6.54 Å². The fraction of sp³-hybridized carbons (Fsp3) is 0.737. The second-order valence-electron chi connectivity index (χ2n) is 7.31. The van der Waals surface area contributed by atoms with Crippen LogP contribution in [0.3, 0.4) is 0 Å². The van der Waals surface area contributed by atoms with Crippen LogP contribution in [-0.2, 0) is 11.3 Å². The first kappa shape index (κ1) is 22.8. The van der Waals surface area contributed by atoms with E-state index >= 15 is 0 Å². The standard InChI is InChI=1S/C19H35N5O3/c1-5-7-10-21-15(25)13-23(12-9-14(3)4)16-17(20)24(11-8-6-2)19(27)22-18(16)26/h14H,5-13,20H2,1-4H3,(H,21,25)(H,22,26,27). The molecule has 0 aliphatic carbocycles. The summed E-state index contributed by atoms with van der Waals surface area (Å²) in [6.07, 6.45) is 4.38. The van der Waals surface area contributed by atoms with Gasteiger partial charge in [0, 0.05) is 19.6 Å². The van der Waals surface area contributed by atoms with Crippen molar-refractivity contribution in [2.75, 3.05) is 30.3 Å². The van der Waals surface area contributed by atoms with Crippen LogP contribution in [0.4, 0.5) is 11.5 Å². The molecule has 0 unspecified atom stereocenters. The van der Waals surface area contributed by atoms with E-state index in [0.29, 0.717) is 25.6 Å². The summed E-state index contributed by atoms with van der Waals surface area (Å²) in [6.45, 7) is 9.82. The van der Waals surface area contributed by atoms with Gasteiger partial charge in [-0.3, -0.25) is 19.1 Å². The number of carbonyl (C=O) groups is 1. The smallest absolute Gasteiger partial charge is 0.330 e. The number of H-pyrrole nitrogens is 1. The van der Waals surface area contributed by atoms with E-state index in [1.165, 1.54) is 4.57 Å². The molecule has 1 aromatic rings. The Kier molecular flexibility index (Phi) is 9.67.